The average molecular weight is 453 g/mol. The number of halogens is 1. The van der Waals surface area contributed by atoms with Crippen molar-refractivity contribution in [2.75, 3.05) is 39.8 Å². The van der Waals surface area contributed by atoms with E-state index in [2.05, 4.69) is 39.7 Å². The first-order valence-corrected chi connectivity index (χ1v) is 8.92. The molecular weight excluding hydrogens is 417 g/mol. The Labute approximate surface area is 164 Å². The minimum absolute atomic E-state index is 0. The van der Waals surface area contributed by atoms with Crippen LogP contribution in [-0.4, -0.2) is 62.6 Å². The zero-order valence-electron chi connectivity index (χ0n) is 15.9. The van der Waals surface area contributed by atoms with E-state index in [1.54, 1.807) is 7.05 Å². The lowest BCUT2D eigenvalue weighted by Crippen LogP contribution is -2.49. The molecule has 1 saturated heterocycles. The van der Waals surface area contributed by atoms with E-state index in [1.807, 2.05) is 13.8 Å². The molecule has 1 rings (SSSR count). The lowest BCUT2D eigenvalue weighted by atomic mass is 9.93. The van der Waals surface area contributed by atoms with Crippen LogP contribution in [0, 0.1) is 5.41 Å². The maximum Gasteiger partial charge on any atom is 0.227 e. The van der Waals surface area contributed by atoms with E-state index in [-0.39, 0.29) is 29.9 Å². The van der Waals surface area contributed by atoms with Gasteiger partial charge in [0.05, 0.1) is 12.0 Å². The first kappa shape index (κ1) is 23.4. The lowest BCUT2D eigenvalue weighted by molar-refractivity contribution is -0.128. The van der Waals surface area contributed by atoms with E-state index in [4.69, 9.17) is 0 Å². The summed E-state index contributed by atoms with van der Waals surface area (Å²) in [5.41, 5.74) is -0.498. The maximum atomic E-state index is 11.9. The number of hydrogen-bond acceptors (Lipinski definition) is 3. The van der Waals surface area contributed by atoms with Crippen LogP contribution in [0.5, 0.6) is 0 Å². The molecule has 24 heavy (non-hydrogen) atoms. The number of carbonyl (C=O) groups is 1. The third kappa shape index (κ3) is 8.00. The number of aliphatic imine (C=N–C) groups is 1. The molecule has 0 unspecified atom stereocenters. The molecule has 0 aromatic rings. The minimum atomic E-state index is -0.498. The fourth-order valence-corrected chi connectivity index (χ4v) is 2.82. The second kappa shape index (κ2) is 11.9. The van der Waals surface area contributed by atoms with Crippen molar-refractivity contribution < 1.29 is 4.79 Å². The number of guanidine groups is 1. The largest absolute Gasteiger partial charge is 0.359 e. The Hall–Kier alpha value is -0.570. The Morgan fingerprint density at radius 1 is 1.25 bits per heavy atom. The van der Waals surface area contributed by atoms with Crippen LogP contribution in [0.4, 0.5) is 0 Å². The van der Waals surface area contributed by atoms with Gasteiger partial charge in [0.25, 0.3) is 0 Å². The second-order valence-electron chi connectivity index (χ2n) is 6.92. The number of nitrogens with zero attached hydrogens (tertiary/aromatic N) is 2. The Morgan fingerprint density at radius 3 is 2.38 bits per heavy atom. The van der Waals surface area contributed by atoms with Crippen molar-refractivity contribution in [1.29, 1.82) is 0 Å². The number of likely N-dealkylation sites (tertiary alicyclic amines) is 1. The minimum Gasteiger partial charge on any atom is -0.359 e. The highest BCUT2D eigenvalue weighted by Gasteiger charge is 2.26. The Kier molecular flexibility index (Phi) is 11.6. The molecule has 142 valence electrons. The third-order valence-corrected chi connectivity index (χ3v) is 4.29. The van der Waals surface area contributed by atoms with Crippen LogP contribution in [0.1, 0.15) is 47.0 Å². The van der Waals surface area contributed by atoms with Crippen molar-refractivity contribution >= 4 is 35.8 Å². The van der Waals surface area contributed by atoms with Gasteiger partial charge in [0.15, 0.2) is 5.96 Å². The van der Waals surface area contributed by atoms with Crippen LogP contribution in [0.25, 0.3) is 0 Å². The van der Waals surface area contributed by atoms with Gasteiger partial charge in [0.1, 0.15) is 0 Å². The van der Waals surface area contributed by atoms with Crippen molar-refractivity contribution in [2.45, 2.75) is 53.0 Å². The fourth-order valence-electron chi connectivity index (χ4n) is 2.82. The summed E-state index contributed by atoms with van der Waals surface area (Å²) in [6, 6.07) is 0.462. The third-order valence-electron chi connectivity index (χ3n) is 4.29. The highest BCUT2D eigenvalue weighted by molar-refractivity contribution is 14.0. The molecule has 0 saturated carbocycles. The molecule has 6 nitrogen and oxygen atoms in total. The lowest BCUT2D eigenvalue weighted by Gasteiger charge is -2.33. The van der Waals surface area contributed by atoms with E-state index in [9.17, 15) is 4.79 Å². The molecule has 1 fully saturated rings. The normalized spacial score (nSPS) is 17.1. The smallest absolute Gasteiger partial charge is 0.227 e. The zero-order chi connectivity index (χ0) is 17.3. The van der Waals surface area contributed by atoms with Gasteiger partial charge in [-0.1, -0.05) is 6.92 Å². The Morgan fingerprint density at radius 2 is 1.88 bits per heavy atom. The van der Waals surface area contributed by atoms with Crippen LogP contribution < -0.4 is 16.0 Å². The summed E-state index contributed by atoms with van der Waals surface area (Å²) < 4.78 is 0. The molecule has 1 heterocycles. The summed E-state index contributed by atoms with van der Waals surface area (Å²) in [4.78, 5) is 19.0. The van der Waals surface area contributed by atoms with Gasteiger partial charge in [0, 0.05) is 32.7 Å². The van der Waals surface area contributed by atoms with E-state index < -0.39 is 5.41 Å². The van der Waals surface area contributed by atoms with Crippen molar-refractivity contribution in [2.24, 2.45) is 10.4 Å². The predicted molar refractivity (Wildman–Crippen MR) is 112 cm³/mol. The molecule has 0 spiro atoms. The van der Waals surface area contributed by atoms with Gasteiger partial charge in [-0.3, -0.25) is 9.79 Å². The summed E-state index contributed by atoms with van der Waals surface area (Å²) in [6.07, 6.45) is 3.50. The summed E-state index contributed by atoms with van der Waals surface area (Å²) in [5.74, 6) is 0.836. The van der Waals surface area contributed by atoms with Crippen LogP contribution in [-0.2, 0) is 4.79 Å². The van der Waals surface area contributed by atoms with E-state index in [0.29, 0.717) is 12.6 Å². The molecule has 0 radical (unpaired) electrons. The van der Waals surface area contributed by atoms with Gasteiger partial charge in [-0.2, -0.15) is 0 Å². The molecule has 7 heteroatoms. The van der Waals surface area contributed by atoms with Crippen LogP contribution in [0.15, 0.2) is 4.99 Å². The first-order valence-electron chi connectivity index (χ1n) is 8.92. The maximum absolute atomic E-state index is 11.9. The number of amides is 1. The van der Waals surface area contributed by atoms with E-state index >= 15 is 0 Å². The highest BCUT2D eigenvalue weighted by Crippen LogP contribution is 2.15. The molecule has 0 aliphatic carbocycles. The molecule has 0 bridgehead atoms. The molecule has 0 atom stereocenters. The van der Waals surface area contributed by atoms with Gasteiger partial charge in [0.2, 0.25) is 5.91 Å². The summed E-state index contributed by atoms with van der Waals surface area (Å²) >= 11 is 0. The van der Waals surface area contributed by atoms with Crippen molar-refractivity contribution in [3.8, 4) is 0 Å². The number of nitrogens with one attached hydrogen (secondary N) is 3. The summed E-state index contributed by atoms with van der Waals surface area (Å²) in [5, 5.41) is 9.52. The van der Waals surface area contributed by atoms with Crippen molar-refractivity contribution in [1.82, 2.24) is 20.9 Å². The number of piperidine rings is 1. The van der Waals surface area contributed by atoms with Gasteiger partial charge in [-0.25, -0.2) is 0 Å². The van der Waals surface area contributed by atoms with Gasteiger partial charge < -0.3 is 20.9 Å². The number of hydrogen-bond donors (Lipinski definition) is 3. The molecule has 0 aromatic heterocycles. The topological polar surface area (TPSA) is 68.8 Å². The Bertz CT molecular complexity index is 392. The second-order valence-corrected chi connectivity index (χ2v) is 6.92. The van der Waals surface area contributed by atoms with E-state index in [1.165, 1.54) is 13.0 Å². The fraction of sp³-hybridized carbons (Fsp3) is 0.882. The van der Waals surface area contributed by atoms with E-state index in [0.717, 1.165) is 38.4 Å². The van der Waals surface area contributed by atoms with Crippen molar-refractivity contribution in [3.05, 3.63) is 0 Å². The number of rotatable bonds is 7. The quantitative estimate of drug-likeness (QED) is 0.313. The molecule has 1 aliphatic rings. The van der Waals surface area contributed by atoms with Crippen LogP contribution in [0.2, 0.25) is 0 Å². The summed E-state index contributed by atoms with van der Waals surface area (Å²) in [7, 11) is 1.67. The van der Waals surface area contributed by atoms with Crippen LogP contribution >= 0.6 is 24.0 Å². The first-order chi connectivity index (χ1) is 10.9. The molecule has 1 aliphatic heterocycles. The molecular formula is C17H36IN5O. The van der Waals surface area contributed by atoms with Gasteiger partial charge in [-0.05, 0) is 46.6 Å². The SMILES string of the molecule is CCCN1CCC(NC(=NCC(C)(C)C(=O)NC)NCC)CC1.I. The number of carbonyl (C=O) groups excluding carboxylic acids is 1. The van der Waals surface area contributed by atoms with Gasteiger partial charge in [-0.15, -0.1) is 24.0 Å². The van der Waals surface area contributed by atoms with Gasteiger partial charge >= 0.3 is 0 Å². The van der Waals surface area contributed by atoms with Crippen LogP contribution in [0.3, 0.4) is 0 Å². The molecule has 0 aromatic carbocycles. The average Bonchev–Trinajstić information content (AvgIpc) is 2.54. The van der Waals surface area contributed by atoms with Crippen molar-refractivity contribution in [3.63, 3.8) is 0 Å². The standard InChI is InChI=1S/C17H35N5O.HI/c1-6-10-22-11-8-14(9-12-22)21-16(19-7-2)20-13-17(3,4)15(23)18-5;/h14H,6-13H2,1-5H3,(H,18,23)(H2,19,20,21);1H. The monoisotopic (exact) mass is 453 g/mol. The molecule has 1 amide bonds. The highest BCUT2D eigenvalue weighted by atomic mass is 127. The Balaban J connectivity index is 0.00000529. The zero-order valence-corrected chi connectivity index (χ0v) is 18.3. The predicted octanol–water partition coefficient (Wildman–Crippen LogP) is 1.81. The summed E-state index contributed by atoms with van der Waals surface area (Å²) in [6.45, 7) is 12.9. The molecule has 3 N–H and O–H groups in total.